The first-order valence-electron chi connectivity index (χ1n) is 4.14. The molecule has 0 radical (unpaired) electrons. The van der Waals surface area contributed by atoms with E-state index in [1.54, 1.807) is 0 Å². The Morgan fingerprint density at radius 3 is 1.55 bits per heavy atom. The fourth-order valence-electron chi connectivity index (χ4n) is 1.01. The van der Waals surface area contributed by atoms with Gasteiger partial charge in [0.15, 0.2) is 8.40 Å². The first-order chi connectivity index (χ1) is 4.72. The van der Waals surface area contributed by atoms with E-state index in [4.69, 9.17) is 0 Å². The molecule has 5 heteroatoms. The normalized spacial score (nSPS) is 14.5. The predicted molar refractivity (Wildman–Crippen MR) is 61.7 cm³/mol. The fraction of sp³-hybridized carbons (Fsp3) is 1.00. The van der Waals surface area contributed by atoms with Crippen LogP contribution < -0.4 is 4.65 Å². The molecule has 68 valence electrons. The zero-order valence-corrected chi connectivity index (χ0v) is 12.9. The lowest BCUT2D eigenvalue weighted by molar-refractivity contribution is 0.741. The van der Waals surface area contributed by atoms with Crippen LogP contribution in [0, 0.1) is 0 Å². The molecule has 2 nitrogen and oxygen atoms in total. The summed E-state index contributed by atoms with van der Waals surface area (Å²) in [6.45, 7) is 12.0. The fourth-order valence-corrected chi connectivity index (χ4v) is 10.1. The van der Waals surface area contributed by atoms with Crippen molar-refractivity contribution in [2.45, 2.75) is 32.7 Å². The highest BCUT2D eigenvalue weighted by Crippen LogP contribution is 2.13. The van der Waals surface area contributed by atoms with E-state index in [0.29, 0.717) is 0 Å². The molecule has 0 aromatic heterocycles. The molecule has 0 aliphatic carbocycles. The van der Waals surface area contributed by atoms with E-state index >= 15 is 0 Å². The van der Waals surface area contributed by atoms with Crippen molar-refractivity contribution < 1.29 is 0 Å². The summed E-state index contributed by atoms with van der Waals surface area (Å²) in [6, 6.07) is 0. The van der Waals surface area contributed by atoms with Gasteiger partial charge in [-0.05, 0) is 20.1 Å². The zero-order chi connectivity index (χ0) is 9.28. The number of nitrogens with one attached hydrogen (secondary N) is 1. The Morgan fingerprint density at radius 1 is 1.09 bits per heavy atom. The average Bonchev–Trinajstić information content (AvgIpc) is 1.84. The van der Waals surface area contributed by atoms with E-state index in [-0.39, 0.29) is 0 Å². The summed E-state index contributed by atoms with van der Waals surface area (Å²) < 4.78 is 6.22. The van der Waals surface area contributed by atoms with Crippen molar-refractivity contribution in [2.75, 3.05) is 7.05 Å². The van der Waals surface area contributed by atoms with Crippen molar-refractivity contribution in [3.05, 3.63) is 0 Å². The number of hydrogen-bond donors (Lipinski definition) is 1. The molecule has 0 aromatic rings. The second kappa shape index (κ2) is 3.53. The largest absolute Gasteiger partial charge is 0.355 e. The number of hydrogen-bond acceptors (Lipinski definition) is 2. The Balaban J connectivity index is 4.35. The van der Waals surface area contributed by atoms with Gasteiger partial charge in [-0.15, -0.1) is 0 Å². The lowest BCUT2D eigenvalue weighted by atomic mass is 11.6. The third kappa shape index (κ3) is 3.20. The van der Waals surface area contributed by atoms with Crippen LogP contribution in [0.1, 0.15) is 0 Å². The van der Waals surface area contributed by atoms with E-state index in [0.717, 1.165) is 10.4 Å². The molecule has 0 bridgehead atoms. The molecule has 0 aliphatic rings. The van der Waals surface area contributed by atoms with E-state index in [9.17, 15) is 0 Å². The first-order valence-corrected chi connectivity index (χ1v) is 11.5. The molecular formula is C6H22N2Si3. The molecule has 0 unspecified atom stereocenters. The highest BCUT2D eigenvalue weighted by Gasteiger charge is 2.33. The highest BCUT2D eigenvalue weighted by molar-refractivity contribution is 6.90. The summed E-state index contributed by atoms with van der Waals surface area (Å²) in [5.41, 5.74) is 0. The van der Waals surface area contributed by atoms with Crippen LogP contribution in [-0.2, 0) is 0 Å². The Labute approximate surface area is 76.1 Å². The van der Waals surface area contributed by atoms with Gasteiger partial charge >= 0.3 is 0 Å². The maximum absolute atomic E-state index is 3.59. The van der Waals surface area contributed by atoms with Crippen LogP contribution in [0.4, 0.5) is 0 Å². The van der Waals surface area contributed by atoms with Gasteiger partial charge in [0, 0.05) is 0 Å². The molecule has 0 heterocycles. The molecule has 0 saturated carbocycles. The summed E-state index contributed by atoms with van der Waals surface area (Å²) in [5.74, 6) is 0. The quantitative estimate of drug-likeness (QED) is 0.670. The van der Waals surface area contributed by atoms with E-state index < -0.39 is 16.6 Å². The van der Waals surface area contributed by atoms with E-state index in [1.165, 1.54) is 0 Å². The molecule has 0 aliphatic heterocycles. The minimum Gasteiger partial charge on any atom is -0.355 e. The smallest absolute Gasteiger partial charge is 0.183 e. The molecular weight excluding hydrogens is 184 g/mol. The van der Waals surface area contributed by atoms with Crippen LogP contribution in [0.5, 0.6) is 0 Å². The van der Waals surface area contributed by atoms with Crippen LogP contribution in [0.15, 0.2) is 0 Å². The lowest BCUT2D eigenvalue weighted by Crippen LogP contribution is -2.65. The second-order valence-corrected chi connectivity index (χ2v) is 15.8. The van der Waals surface area contributed by atoms with Gasteiger partial charge in [-0.3, -0.25) is 0 Å². The first kappa shape index (κ1) is 11.6. The van der Waals surface area contributed by atoms with Crippen molar-refractivity contribution in [1.82, 2.24) is 8.88 Å². The lowest BCUT2D eigenvalue weighted by Gasteiger charge is -2.42. The summed E-state index contributed by atoms with van der Waals surface area (Å²) in [4.78, 5) is 0. The molecule has 0 aromatic carbocycles. The number of nitrogens with zero attached hydrogens (tertiary/aromatic N) is 1. The Bertz CT molecular complexity index is 130. The third-order valence-electron chi connectivity index (χ3n) is 2.46. The van der Waals surface area contributed by atoms with Gasteiger partial charge in [-0.2, -0.15) is 0 Å². The van der Waals surface area contributed by atoms with E-state index in [1.807, 2.05) is 0 Å². The van der Waals surface area contributed by atoms with Crippen molar-refractivity contribution in [3.8, 4) is 0 Å². The van der Waals surface area contributed by atoms with Crippen LogP contribution in [0.3, 0.4) is 0 Å². The van der Waals surface area contributed by atoms with Gasteiger partial charge in [0.05, 0.1) is 10.4 Å². The minimum atomic E-state index is -1.21. The van der Waals surface area contributed by atoms with Gasteiger partial charge < -0.3 is 8.88 Å². The van der Waals surface area contributed by atoms with Crippen molar-refractivity contribution >= 4 is 27.0 Å². The molecule has 11 heavy (non-hydrogen) atoms. The van der Waals surface area contributed by atoms with Gasteiger partial charge in [0.25, 0.3) is 0 Å². The molecule has 1 N–H and O–H groups in total. The van der Waals surface area contributed by atoms with Gasteiger partial charge in [-0.25, -0.2) is 0 Å². The summed E-state index contributed by atoms with van der Waals surface area (Å²) in [5, 5.41) is 0. The SMILES string of the molecule is CN([Si](C)(C)C)[Si](C)(C)N[SiH3]. The standard InChI is InChI=1S/C6H22N2Si3/c1-8(10(2,3)4)11(5,6)7-9/h7H,1-6,9H3. The average molecular weight is 207 g/mol. The third-order valence-corrected chi connectivity index (χ3v) is 14.7. The van der Waals surface area contributed by atoms with Crippen LogP contribution in [0.2, 0.25) is 32.7 Å². The Kier molecular flexibility index (Phi) is 3.71. The minimum absolute atomic E-state index is 1.06. The van der Waals surface area contributed by atoms with E-state index in [2.05, 4.69) is 48.7 Å². The van der Waals surface area contributed by atoms with Gasteiger partial charge in [0.2, 0.25) is 0 Å². The topological polar surface area (TPSA) is 15.3 Å². The maximum Gasteiger partial charge on any atom is 0.183 e. The number of rotatable bonds is 3. The molecule has 0 spiro atoms. The maximum atomic E-state index is 3.59. The molecule has 0 amide bonds. The molecule has 0 saturated heterocycles. The summed E-state index contributed by atoms with van der Waals surface area (Å²) in [7, 11) is 1.13. The predicted octanol–water partition coefficient (Wildman–Crippen LogP) is 0.325. The molecule has 0 atom stereocenters. The van der Waals surface area contributed by atoms with Crippen LogP contribution >= 0.6 is 0 Å². The van der Waals surface area contributed by atoms with Crippen LogP contribution in [0.25, 0.3) is 0 Å². The molecule has 0 rings (SSSR count). The Morgan fingerprint density at radius 2 is 1.45 bits per heavy atom. The zero-order valence-electron chi connectivity index (χ0n) is 8.95. The summed E-state index contributed by atoms with van der Waals surface area (Å²) in [6.07, 6.45) is 0. The second-order valence-electron chi connectivity index (χ2n) is 4.54. The van der Waals surface area contributed by atoms with Gasteiger partial charge in [-0.1, -0.05) is 19.6 Å². The van der Waals surface area contributed by atoms with Gasteiger partial charge in [0.1, 0.15) is 8.24 Å². The van der Waals surface area contributed by atoms with Crippen molar-refractivity contribution in [2.24, 2.45) is 0 Å². The Hall–Kier alpha value is 0.571. The van der Waals surface area contributed by atoms with Crippen molar-refractivity contribution in [3.63, 3.8) is 0 Å². The summed E-state index contributed by atoms with van der Waals surface area (Å²) >= 11 is 0. The highest BCUT2D eigenvalue weighted by atomic mass is 28.4. The molecule has 0 fully saturated rings. The van der Waals surface area contributed by atoms with Crippen LogP contribution in [-0.4, -0.2) is 38.3 Å². The monoisotopic (exact) mass is 206 g/mol. The van der Waals surface area contributed by atoms with Crippen molar-refractivity contribution in [1.29, 1.82) is 0 Å².